The number of oxazole rings is 1. The van der Waals surface area contributed by atoms with E-state index in [9.17, 15) is 0 Å². The summed E-state index contributed by atoms with van der Waals surface area (Å²) in [5, 5.41) is 2.46. The van der Waals surface area contributed by atoms with Crippen molar-refractivity contribution in [2.45, 2.75) is 12.5 Å². The van der Waals surface area contributed by atoms with E-state index in [1.165, 1.54) is 20.2 Å². The highest BCUT2D eigenvalue weighted by molar-refractivity contribution is 9.10. The smallest absolute Gasteiger partial charge is 0.227 e. The minimum Gasteiger partial charge on any atom is -0.436 e. The second kappa shape index (κ2) is 12.5. The van der Waals surface area contributed by atoms with Gasteiger partial charge in [0.25, 0.3) is 0 Å². The summed E-state index contributed by atoms with van der Waals surface area (Å²) in [6, 6.07) is 49.3. The summed E-state index contributed by atoms with van der Waals surface area (Å²) in [5.74, 6) is 0.624. The largest absolute Gasteiger partial charge is 0.436 e. The number of allylic oxidation sites excluding steroid dienone is 2. The molecule has 0 N–H and O–H groups in total. The molecule has 1 aliphatic rings. The van der Waals surface area contributed by atoms with Gasteiger partial charge in [-0.25, -0.2) is 4.98 Å². The summed E-state index contributed by atoms with van der Waals surface area (Å²) in [5.41, 5.74) is 8.17. The lowest BCUT2D eigenvalue weighted by atomic mass is 10.0. The molecule has 0 aliphatic heterocycles. The van der Waals surface area contributed by atoms with Gasteiger partial charge in [-0.3, -0.25) is 0 Å². The molecule has 6 heteroatoms. The molecule has 9 rings (SSSR count). The Labute approximate surface area is 297 Å². The van der Waals surface area contributed by atoms with Gasteiger partial charge in [-0.15, -0.1) is 11.3 Å². The van der Waals surface area contributed by atoms with Crippen molar-refractivity contribution < 1.29 is 4.42 Å². The lowest BCUT2D eigenvalue weighted by Gasteiger charge is -2.33. The second-order valence-corrected chi connectivity index (χ2v) is 14.1. The van der Waals surface area contributed by atoms with E-state index in [0.717, 1.165) is 56.0 Å². The van der Waals surface area contributed by atoms with Crippen LogP contribution in [0.5, 0.6) is 0 Å². The van der Waals surface area contributed by atoms with Crippen LogP contribution < -0.4 is 9.80 Å². The topological polar surface area (TPSA) is 32.5 Å². The molecule has 1 aliphatic carbocycles. The van der Waals surface area contributed by atoms with Gasteiger partial charge in [0.1, 0.15) is 5.52 Å². The number of nitrogens with zero attached hydrogens (tertiary/aromatic N) is 3. The lowest BCUT2D eigenvalue weighted by molar-refractivity contribution is 0.620. The van der Waals surface area contributed by atoms with Gasteiger partial charge in [-0.05, 0) is 91.3 Å². The summed E-state index contributed by atoms with van der Waals surface area (Å²) >= 11 is 5.69. The fraction of sp³-hybridized carbons (Fsp3) is 0.0465. The number of anilines is 5. The van der Waals surface area contributed by atoms with Crippen LogP contribution in [0.2, 0.25) is 0 Å². The first kappa shape index (κ1) is 29.7. The predicted molar refractivity (Wildman–Crippen MR) is 210 cm³/mol. The molecule has 6 aromatic carbocycles. The van der Waals surface area contributed by atoms with E-state index in [4.69, 9.17) is 9.40 Å². The van der Waals surface area contributed by atoms with Crippen LogP contribution in [0, 0.1) is 0 Å². The second-order valence-electron chi connectivity index (χ2n) is 12.1. The maximum absolute atomic E-state index is 6.19. The fourth-order valence-corrected chi connectivity index (χ4v) is 8.57. The van der Waals surface area contributed by atoms with Crippen LogP contribution >= 0.6 is 27.3 Å². The molecule has 0 fully saturated rings. The van der Waals surface area contributed by atoms with Crippen LogP contribution in [0.4, 0.5) is 28.4 Å². The molecule has 236 valence electrons. The lowest BCUT2D eigenvalue weighted by Crippen LogP contribution is -2.29. The molecular formula is C43H30BrN3OS. The normalized spacial score (nSPS) is 14.2. The number of benzene rings is 6. The zero-order valence-electron chi connectivity index (χ0n) is 26.4. The Balaban J connectivity index is 1.23. The van der Waals surface area contributed by atoms with E-state index in [-0.39, 0.29) is 6.04 Å². The molecular weight excluding hydrogens is 686 g/mol. The van der Waals surface area contributed by atoms with E-state index in [1.54, 1.807) is 0 Å². The van der Waals surface area contributed by atoms with Crippen LogP contribution in [-0.2, 0) is 0 Å². The van der Waals surface area contributed by atoms with Crippen LogP contribution in [-0.4, -0.2) is 11.0 Å². The molecule has 0 bridgehead atoms. The molecule has 0 radical (unpaired) electrons. The monoisotopic (exact) mass is 715 g/mol. The molecule has 0 amide bonds. The van der Waals surface area contributed by atoms with Crippen molar-refractivity contribution in [3.8, 4) is 11.5 Å². The third-order valence-electron chi connectivity index (χ3n) is 9.00. The summed E-state index contributed by atoms with van der Waals surface area (Å²) in [7, 11) is 0. The number of hydrogen-bond acceptors (Lipinski definition) is 5. The minimum atomic E-state index is 0.144. The highest BCUT2D eigenvalue weighted by Gasteiger charge is 2.23. The Morgan fingerprint density at radius 3 is 2.16 bits per heavy atom. The van der Waals surface area contributed by atoms with Gasteiger partial charge in [0.05, 0.1) is 11.7 Å². The quantitative estimate of drug-likeness (QED) is 0.164. The molecule has 2 aromatic heterocycles. The standard InChI is InChI=1S/C43H30BrN3OS/c44-30-26-38(47(32-16-6-2-7-17-32)33-18-8-3-9-19-33)42-36-28-35(23-24-40(36)49-41(42)27-30)46(31-14-4-1-5-15-31)34-20-12-13-29(25-34)43-45-37-21-10-11-22-39(37)48-43/h1-14,16-28,31H,15H2. The third-order valence-corrected chi connectivity index (χ3v) is 10.6. The maximum Gasteiger partial charge on any atom is 0.227 e. The van der Waals surface area contributed by atoms with E-state index in [1.807, 2.05) is 35.6 Å². The Hall–Kier alpha value is -5.43. The van der Waals surface area contributed by atoms with Crippen molar-refractivity contribution in [3.05, 3.63) is 168 Å². The summed E-state index contributed by atoms with van der Waals surface area (Å²) in [6.07, 6.45) is 9.72. The number of para-hydroxylation sites is 4. The maximum atomic E-state index is 6.19. The van der Waals surface area contributed by atoms with Gasteiger partial charge in [0.15, 0.2) is 5.58 Å². The zero-order valence-corrected chi connectivity index (χ0v) is 28.8. The summed E-state index contributed by atoms with van der Waals surface area (Å²) in [4.78, 5) is 9.61. The molecule has 8 aromatic rings. The zero-order chi connectivity index (χ0) is 32.7. The van der Waals surface area contributed by atoms with Crippen LogP contribution in [0.15, 0.2) is 173 Å². The van der Waals surface area contributed by atoms with Crippen LogP contribution in [0.25, 0.3) is 42.7 Å². The fourth-order valence-electron chi connectivity index (χ4n) is 6.82. The highest BCUT2D eigenvalue weighted by Crippen LogP contribution is 2.47. The first-order valence-corrected chi connectivity index (χ1v) is 18.0. The number of thiophene rings is 1. The van der Waals surface area contributed by atoms with Crippen molar-refractivity contribution in [2.24, 2.45) is 0 Å². The van der Waals surface area contributed by atoms with Crippen molar-refractivity contribution >= 4 is 87.0 Å². The molecule has 4 nitrogen and oxygen atoms in total. The molecule has 0 saturated heterocycles. The van der Waals surface area contributed by atoms with Crippen molar-refractivity contribution in [1.82, 2.24) is 4.98 Å². The number of hydrogen-bond donors (Lipinski definition) is 0. The van der Waals surface area contributed by atoms with Crippen molar-refractivity contribution in [3.63, 3.8) is 0 Å². The Morgan fingerprint density at radius 1 is 0.673 bits per heavy atom. The van der Waals surface area contributed by atoms with Crippen molar-refractivity contribution in [1.29, 1.82) is 0 Å². The van der Waals surface area contributed by atoms with Gasteiger partial charge in [-0.2, -0.15) is 0 Å². The van der Waals surface area contributed by atoms with E-state index >= 15 is 0 Å². The van der Waals surface area contributed by atoms with Gasteiger partial charge in [-0.1, -0.05) is 94.8 Å². The van der Waals surface area contributed by atoms with Gasteiger partial charge in [0.2, 0.25) is 5.89 Å². The molecule has 0 spiro atoms. The minimum absolute atomic E-state index is 0.144. The van der Waals surface area contributed by atoms with Crippen LogP contribution in [0.3, 0.4) is 0 Å². The first-order valence-electron chi connectivity index (χ1n) is 16.3. The summed E-state index contributed by atoms with van der Waals surface area (Å²) < 4.78 is 9.73. The third kappa shape index (κ3) is 5.53. The average molecular weight is 717 g/mol. The molecule has 1 unspecified atom stereocenters. The first-order chi connectivity index (χ1) is 24.2. The summed E-state index contributed by atoms with van der Waals surface area (Å²) in [6.45, 7) is 0. The number of fused-ring (bicyclic) bond motifs is 4. The Morgan fingerprint density at radius 2 is 1.41 bits per heavy atom. The number of halogens is 1. The van der Waals surface area contributed by atoms with E-state index < -0.39 is 0 Å². The molecule has 0 saturated carbocycles. The molecule has 2 heterocycles. The van der Waals surface area contributed by atoms with Crippen LogP contribution in [0.1, 0.15) is 6.42 Å². The number of aromatic nitrogens is 1. The Kier molecular flexibility index (Phi) is 7.60. The van der Waals surface area contributed by atoms with Gasteiger partial charge in [0, 0.05) is 53.0 Å². The predicted octanol–water partition coefficient (Wildman–Crippen LogP) is 13.1. The molecule has 49 heavy (non-hydrogen) atoms. The van der Waals surface area contributed by atoms with E-state index in [2.05, 4.69) is 165 Å². The highest BCUT2D eigenvalue weighted by atomic mass is 79.9. The average Bonchev–Trinajstić information content (AvgIpc) is 3.75. The number of rotatable bonds is 7. The SMILES string of the molecule is Brc1cc(N(c2ccccc2)c2ccccc2)c2c(c1)sc1ccc(N(c3cccc(-c4nc5ccccc5o4)c3)C3C=CC=CC3)cc12. The van der Waals surface area contributed by atoms with Crippen molar-refractivity contribution in [2.75, 3.05) is 9.80 Å². The molecule has 1 atom stereocenters. The Bertz CT molecular complexity index is 2450. The van der Waals surface area contributed by atoms with E-state index in [0.29, 0.717) is 5.89 Å². The van der Waals surface area contributed by atoms with Gasteiger partial charge < -0.3 is 14.2 Å². The van der Waals surface area contributed by atoms with Gasteiger partial charge >= 0.3 is 0 Å².